The predicted octanol–water partition coefficient (Wildman–Crippen LogP) is 7.74. The van der Waals surface area contributed by atoms with Gasteiger partial charge in [0.2, 0.25) is 0 Å². The number of fused-ring (bicyclic) bond motifs is 1. The quantitative estimate of drug-likeness (QED) is 0.160. The summed E-state index contributed by atoms with van der Waals surface area (Å²) >= 11 is 12.5. The minimum Gasteiger partial charge on any atom is -0.456 e. The van der Waals surface area contributed by atoms with Crippen LogP contribution in [0.5, 0.6) is 11.5 Å². The van der Waals surface area contributed by atoms with Gasteiger partial charge in [0.1, 0.15) is 11.5 Å². The lowest BCUT2D eigenvalue weighted by atomic mass is 9.72. The third-order valence-electron chi connectivity index (χ3n) is 9.83. The van der Waals surface area contributed by atoms with E-state index in [9.17, 15) is 13.2 Å². The minimum atomic E-state index is -4.46. The first kappa shape index (κ1) is 36.9. The molecule has 0 bridgehead atoms. The van der Waals surface area contributed by atoms with Gasteiger partial charge < -0.3 is 9.64 Å². The molecular weight excluding hydrogens is 733 g/mol. The Morgan fingerprint density at radius 2 is 1.68 bits per heavy atom. The number of amides is 1. The largest absolute Gasteiger partial charge is 0.456 e. The van der Waals surface area contributed by atoms with Gasteiger partial charge >= 0.3 is 10.0 Å². The van der Waals surface area contributed by atoms with Crippen LogP contribution in [0, 0.1) is 19.3 Å². The summed E-state index contributed by atoms with van der Waals surface area (Å²) in [7, 11) is -4.46. The van der Waals surface area contributed by atoms with Gasteiger partial charge in [0.25, 0.3) is 16.8 Å². The van der Waals surface area contributed by atoms with E-state index in [4.69, 9.17) is 27.9 Å². The summed E-state index contributed by atoms with van der Waals surface area (Å²) in [5.41, 5.74) is 6.59. The van der Waals surface area contributed by atoms with Crippen LogP contribution in [-0.4, -0.2) is 71.5 Å². The van der Waals surface area contributed by atoms with Crippen molar-refractivity contribution in [3.8, 4) is 11.5 Å². The van der Waals surface area contributed by atoms with E-state index in [2.05, 4.69) is 55.6 Å². The Morgan fingerprint density at radius 3 is 2.42 bits per heavy atom. The number of aromatic nitrogens is 4. The number of nitrogens with zero attached hydrogens (tertiary/aromatic N) is 6. The molecule has 276 valence electrons. The number of carbonyl (C=O) groups is 1. The van der Waals surface area contributed by atoms with Crippen LogP contribution in [0.2, 0.25) is 10.0 Å². The van der Waals surface area contributed by atoms with Gasteiger partial charge in [-0.25, -0.2) is 14.2 Å². The molecule has 2 aromatic heterocycles. The third kappa shape index (κ3) is 8.36. The molecule has 0 saturated carbocycles. The van der Waals surface area contributed by atoms with Crippen molar-refractivity contribution in [2.24, 2.45) is 5.41 Å². The first-order valence-corrected chi connectivity index (χ1v) is 19.8. The molecule has 0 radical (unpaired) electrons. The molecule has 1 amide bonds. The Hall–Kier alpha value is -4.49. The van der Waals surface area contributed by atoms with Gasteiger partial charge in [-0.1, -0.05) is 60.8 Å². The number of ether oxygens (including phenoxy) is 1. The second-order valence-electron chi connectivity index (χ2n) is 14.5. The maximum absolute atomic E-state index is 13.6. The second-order valence-corrected chi connectivity index (χ2v) is 17.0. The molecule has 5 aromatic rings. The predicted molar refractivity (Wildman–Crippen MR) is 208 cm³/mol. The number of nitrogens with one attached hydrogen (secondary N) is 1. The molecule has 2 aliphatic rings. The van der Waals surface area contributed by atoms with Crippen LogP contribution >= 0.6 is 23.2 Å². The van der Waals surface area contributed by atoms with Crippen LogP contribution in [0.3, 0.4) is 0 Å². The molecule has 0 atom stereocenters. The summed E-state index contributed by atoms with van der Waals surface area (Å²) in [5.74, 6) is -0.195. The summed E-state index contributed by atoms with van der Waals surface area (Å²) in [6, 6.07) is 21.9. The number of rotatable bonds is 9. The highest BCUT2D eigenvalue weighted by Crippen LogP contribution is 2.43. The summed E-state index contributed by atoms with van der Waals surface area (Å²) in [5, 5.41) is 4.73. The number of hydrogen-bond donors (Lipinski definition) is 1. The molecular formula is C39H41Cl2N7O4S. The number of aryl methyl sites for hydroxylation is 2. The van der Waals surface area contributed by atoms with Gasteiger partial charge in [0.05, 0.1) is 5.56 Å². The van der Waals surface area contributed by atoms with E-state index in [0.717, 1.165) is 62.7 Å². The smallest absolute Gasteiger partial charge is 0.301 e. The van der Waals surface area contributed by atoms with Crippen molar-refractivity contribution >= 4 is 56.2 Å². The average Bonchev–Trinajstić information content (AvgIpc) is 3.55. The lowest BCUT2D eigenvalue weighted by molar-refractivity contribution is 0.0979. The lowest BCUT2D eigenvalue weighted by Gasteiger charge is -2.39. The fraction of sp³-hybridized carbons (Fsp3) is 0.333. The standard InChI is InChI=1S/C39H41Cl2N7O4S/c1-25-20-26(2)48-37(42-25)43-38(44-48)53(50,51)45-36(49)33-13-12-31(22-35(33)52-32-7-5-6-30(41)21-32)47-18-16-46(17-19-47)24-28-14-15-39(3,4)23-34(28)27-8-10-29(40)11-9-27/h5-13,20-22H,14-19,23-24H2,1-4H3,(H,45,49). The average molecular weight is 775 g/mol. The molecule has 7 rings (SSSR count). The molecule has 3 heterocycles. The Bertz CT molecular complexity index is 2330. The van der Waals surface area contributed by atoms with Crippen LogP contribution in [0.25, 0.3) is 11.4 Å². The number of halogens is 2. The number of benzene rings is 3. The first-order valence-electron chi connectivity index (χ1n) is 17.5. The molecule has 3 aromatic carbocycles. The summed E-state index contributed by atoms with van der Waals surface area (Å²) < 4.78 is 36.3. The Balaban J connectivity index is 1.10. The van der Waals surface area contributed by atoms with Gasteiger partial charge in [-0.15, -0.1) is 5.10 Å². The van der Waals surface area contributed by atoms with E-state index >= 15 is 0 Å². The lowest BCUT2D eigenvalue weighted by Crippen LogP contribution is -2.47. The van der Waals surface area contributed by atoms with E-state index < -0.39 is 21.1 Å². The van der Waals surface area contributed by atoms with E-state index in [-0.39, 0.29) is 22.5 Å². The van der Waals surface area contributed by atoms with Gasteiger partial charge in [0, 0.05) is 65.9 Å². The molecule has 1 N–H and O–H groups in total. The molecule has 0 spiro atoms. The molecule has 14 heteroatoms. The summed E-state index contributed by atoms with van der Waals surface area (Å²) in [6.07, 6.45) is 3.26. The van der Waals surface area contributed by atoms with Crippen LogP contribution in [-0.2, 0) is 10.0 Å². The maximum atomic E-state index is 13.6. The maximum Gasteiger partial charge on any atom is 0.301 e. The van der Waals surface area contributed by atoms with Gasteiger partial charge in [-0.2, -0.15) is 13.4 Å². The zero-order valence-electron chi connectivity index (χ0n) is 30.1. The minimum absolute atomic E-state index is 0.0201. The molecule has 11 nitrogen and oxygen atoms in total. The van der Waals surface area contributed by atoms with E-state index in [1.165, 1.54) is 21.2 Å². The molecule has 1 aliphatic heterocycles. The van der Waals surface area contributed by atoms with Crippen LogP contribution in [0.15, 0.2) is 83.5 Å². The van der Waals surface area contributed by atoms with Crippen molar-refractivity contribution in [1.29, 1.82) is 0 Å². The van der Waals surface area contributed by atoms with E-state index in [0.29, 0.717) is 22.2 Å². The Labute approximate surface area is 319 Å². The van der Waals surface area contributed by atoms with Crippen molar-refractivity contribution in [2.45, 2.75) is 52.1 Å². The van der Waals surface area contributed by atoms with E-state index in [1.54, 1.807) is 56.3 Å². The number of piperazine rings is 1. The second kappa shape index (κ2) is 14.7. The fourth-order valence-electron chi connectivity index (χ4n) is 7.02. The third-order valence-corrected chi connectivity index (χ3v) is 11.4. The zero-order chi connectivity index (χ0) is 37.5. The number of anilines is 1. The fourth-order valence-corrected chi connectivity index (χ4v) is 8.16. The van der Waals surface area contributed by atoms with E-state index in [1.807, 2.05) is 18.2 Å². The summed E-state index contributed by atoms with van der Waals surface area (Å²) in [6.45, 7) is 12.4. The number of sulfonamides is 1. The van der Waals surface area contributed by atoms with Gasteiger partial charge in [-0.05, 0) is 98.2 Å². The zero-order valence-corrected chi connectivity index (χ0v) is 32.4. The highest BCUT2D eigenvalue weighted by atomic mass is 35.5. The normalized spacial score (nSPS) is 16.6. The van der Waals surface area contributed by atoms with Crippen molar-refractivity contribution < 1.29 is 17.9 Å². The highest BCUT2D eigenvalue weighted by molar-refractivity contribution is 7.89. The number of hydrogen-bond acceptors (Lipinski definition) is 9. The van der Waals surface area contributed by atoms with Crippen LogP contribution < -0.4 is 14.4 Å². The molecule has 1 fully saturated rings. The van der Waals surface area contributed by atoms with Crippen molar-refractivity contribution in [3.63, 3.8) is 0 Å². The van der Waals surface area contributed by atoms with Gasteiger partial charge in [0.15, 0.2) is 0 Å². The Morgan fingerprint density at radius 1 is 0.925 bits per heavy atom. The topological polar surface area (TPSA) is 122 Å². The monoisotopic (exact) mass is 773 g/mol. The first-order chi connectivity index (χ1) is 25.2. The molecule has 0 unspecified atom stereocenters. The highest BCUT2D eigenvalue weighted by Gasteiger charge is 2.30. The number of carbonyl (C=O) groups excluding carboxylic acids is 1. The molecule has 1 aliphatic carbocycles. The SMILES string of the molecule is Cc1cc(C)n2nc(S(=O)(=O)NC(=O)c3ccc(N4CCN(CC5=C(c6ccc(Cl)cc6)CC(C)(C)CC5)CC4)cc3Oc3cccc(Cl)c3)nc2n1. The molecule has 53 heavy (non-hydrogen) atoms. The van der Waals surface area contributed by atoms with Crippen molar-refractivity contribution in [1.82, 2.24) is 29.2 Å². The van der Waals surface area contributed by atoms with Crippen LogP contribution in [0.4, 0.5) is 5.69 Å². The van der Waals surface area contributed by atoms with Crippen molar-refractivity contribution in [3.05, 3.63) is 111 Å². The van der Waals surface area contributed by atoms with Gasteiger partial charge in [-0.3, -0.25) is 9.69 Å². The van der Waals surface area contributed by atoms with Crippen molar-refractivity contribution in [2.75, 3.05) is 37.6 Å². The van der Waals surface area contributed by atoms with Crippen LogP contribution in [0.1, 0.15) is 60.4 Å². The summed E-state index contributed by atoms with van der Waals surface area (Å²) in [4.78, 5) is 26.7. The molecule has 1 saturated heterocycles. The number of allylic oxidation sites excluding steroid dienone is 1. The Kier molecular flexibility index (Phi) is 10.2.